The number of nitrogens with zero attached hydrogens (tertiary/aromatic N) is 2. The van der Waals surface area contributed by atoms with Gasteiger partial charge in [0.25, 0.3) is 15.6 Å². The van der Waals surface area contributed by atoms with E-state index in [1.54, 1.807) is 24.3 Å². The predicted octanol–water partition coefficient (Wildman–Crippen LogP) is 1.59. The van der Waals surface area contributed by atoms with Gasteiger partial charge in [-0.1, -0.05) is 12.1 Å². The molecule has 0 spiro atoms. The van der Waals surface area contributed by atoms with E-state index in [0.717, 1.165) is 12.8 Å². The summed E-state index contributed by atoms with van der Waals surface area (Å²) in [6.45, 7) is 0.387. The SMILES string of the molecule is O=c1c(C2=NS(=O)(=O)c3cc(OCCO)ccc3N2)c(O)c2ccccc2n1NCC1CC1. The molecule has 0 atom stereocenters. The second-order valence-corrected chi connectivity index (χ2v) is 9.53. The molecule has 0 unspecified atom stereocenters. The van der Waals surface area contributed by atoms with E-state index < -0.39 is 15.6 Å². The Hall–Kier alpha value is -3.57. The molecule has 0 radical (unpaired) electrons. The first-order chi connectivity index (χ1) is 15.9. The van der Waals surface area contributed by atoms with Crippen molar-refractivity contribution in [2.45, 2.75) is 17.7 Å². The molecule has 11 heteroatoms. The highest BCUT2D eigenvalue weighted by atomic mass is 32.2. The summed E-state index contributed by atoms with van der Waals surface area (Å²) in [6, 6.07) is 11.1. The average molecular weight is 471 g/mol. The first-order valence-electron chi connectivity index (χ1n) is 10.5. The van der Waals surface area contributed by atoms with Crippen LogP contribution in [-0.2, 0) is 10.0 Å². The van der Waals surface area contributed by atoms with Crippen molar-refractivity contribution in [3.63, 3.8) is 0 Å². The lowest BCUT2D eigenvalue weighted by Crippen LogP contribution is -2.37. The number of fused-ring (bicyclic) bond motifs is 2. The van der Waals surface area contributed by atoms with Gasteiger partial charge in [-0.15, -0.1) is 4.40 Å². The number of pyridine rings is 1. The third kappa shape index (κ3) is 3.89. The lowest BCUT2D eigenvalue weighted by molar-refractivity contribution is 0.201. The van der Waals surface area contributed by atoms with Crippen LogP contribution in [0, 0.1) is 5.92 Å². The Labute approximate surface area is 189 Å². The first-order valence-corrected chi connectivity index (χ1v) is 11.9. The second kappa shape index (κ2) is 8.09. The van der Waals surface area contributed by atoms with Crippen LogP contribution in [0.4, 0.5) is 5.69 Å². The number of rotatable bonds is 7. The lowest BCUT2D eigenvalue weighted by atomic mass is 10.1. The number of aliphatic hydroxyl groups is 1. The number of para-hydroxylation sites is 1. The molecule has 3 aromatic rings. The van der Waals surface area contributed by atoms with Crippen LogP contribution in [0.2, 0.25) is 0 Å². The maximum absolute atomic E-state index is 13.4. The van der Waals surface area contributed by atoms with Crippen molar-refractivity contribution in [2.24, 2.45) is 10.3 Å². The molecule has 5 rings (SSSR count). The molecule has 1 aliphatic carbocycles. The van der Waals surface area contributed by atoms with Crippen LogP contribution in [0.25, 0.3) is 10.9 Å². The Morgan fingerprint density at radius 3 is 2.76 bits per heavy atom. The predicted molar refractivity (Wildman–Crippen MR) is 123 cm³/mol. The van der Waals surface area contributed by atoms with Crippen LogP contribution in [-0.4, -0.2) is 48.9 Å². The molecule has 1 aromatic heterocycles. The van der Waals surface area contributed by atoms with E-state index in [2.05, 4.69) is 15.1 Å². The van der Waals surface area contributed by atoms with Gasteiger partial charge in [-0.25, -0.2) is 4.68 Å². The number of aromatic hydroxyl groups is 1. The number of hydrogen-bond donors (Lipinski definition) is 4. The highest BCUT2D eigenvalue weighted by molar-refractivity contribution is 7.90. The Bertz CT molecular complexity index is 1440. The van der Waals surface area contributed by atoms with Gasteiger partial charge in [0.05, 0.1) is 17.8 Å². The minimum absolute atomic E-state index is 0.0130. The van der Waals surface area contributed by atoms with Crippen LogP contribution >= 0.6 is 0 Å². The van der Waals surface area contributed by atoms with E-state index in [9.17, 15) is 18.3 Å². The molecule has 2 heterocycles. The molecule has 2 aliphatic rings. The van der Waals surface area contributed by atoms with Crippen LogP contribution in [0.1, 0.15) is 18.4 Å². The van der Waals surface area contributed by atoms with Gasteiger partial charge in [-0.3, -0.25) is 4.79 Å². The number of nitrogens with one attached hydrogen (secondary N) is 2. The topological polar surface area (TPSA) is 142 Å². The fraction of sp³-hybridized carbons (Fsp3) is 0.273. The number of ether oxygens (including phenoxy) is 1. The van der Waals surface area contributed by atoms with Crippen molar-refractivity contribution in [1.82, 2.24) is 4.68 Å². The maximum atomic E-state index is 13.4. The fourth-order valence-electron chi connectivity index (χ4n) is 3.74. The Kier molecular flexibility index (Phi) is 5.22. The monoisotopic (exact) mass is 470 g/mol. The molecule has 0 bridgehead atoms. The minimum Gasteiger partial charge on any atom is -0.506 e. The molecule has 4 N–H and O–H groups in total. The molecular formula is C22H22N4O6S. The Morgan fingerprint density at radius 1 is 1.21 bits per heavy atom. The summed E-state index contributed by atoms with van der Waals surface area (Å²) in [4.78, 5) is 13.3. The largest absolute Gasteiger partial charge is 0.506 e. The van der Waals surface area contributed by atoms with Gasteiger partial charge in [-0.05, 0) is 43.0 Å². The molecule has 1 fully saturated rings. The standard InChI is InChI=1S/C22H22N4O6S/c27-9-10-32-14-7-8-16-18(11-14)33(30,31)25-21(24-16)19-20(28)15-3-1-2-4-17(15)26(22(19)29)23-12-13-5-6-13/h1-4,7-8,11,13,23,27-28H,5-6,9-10,12H2,(H,24,25). The van der Waals surface area contributed by atoms with E-state index in [1.807, 2.05) is 0 Å². The second-order valence-electron chi connectivity index (χ2n) is 7.96. The molecule has 1 saturated carbocycles. The van der Waals surface area contributed by atoms with E-state index in [1.165, 1.54) is 22.9 Å². The summed E-state index contributed by atoms with van der Waals surface area (Å²) in [7, 11) is -4.20. The fourth-order valence-corrected chi connectivity index (χ4v) is 4.88. The zero-order valence-corrected chi connectivity index (χ0v) is 18.3. The highest BCUT2D eigenvalue weighted by Gasteiger charge is 2.31. The van der Waals surface area contributed by atoms with Crippen LogP contribution < -0.4 is 21.0 Å². The van der Waals surface area contributed by atoms with Crippen molar-refractivity contribution in [2.75, 3.05) is 30.5 Å². The summed E-state index contributed by atoms with van der Waals surface area (Å²) in [5.41, 5.74) is 2.94. The van der Waals surface area contributed by atoms with Gasteiger partial charge < -0.3 is 25.7 Å². The number of aliphatic hydroxyl groups excluding tert-OH is 1. The van der Waals surface area contributed by atoms with E-state index in [-0.39, 0.29) is 46.7 Å². The van der Waals surface area contributed by atoms with Crippen LogP contribution in [0.3, 0.4) is 0 Å². The third-order valence-corrected chi connectivity index (χ3v) is 6.90. The van der Waals surface area contributed by atoms with Gasteiger partial charge in [0, 0.05) is 18.0 Å². The number of sulfonamides is 1. The normalized spacial score (nSPS) is 16.6. The Balaban J connectivity index is 1.63. The van der Waals surface area contributed by atoms with Crippen molar-refractivity contribution in [3.05, 3.63) is 58.4 Å². The average Bonchev–Trinajstić information content (AvgIpc) is 3.62. The minimum atomic E-state index is -4.20. The zero-order chi connectivity index (χ0) is 23.2. The molecule has 1 aliphatic heterocycles. The number of hydrogen-bond acceptors (Lipinski definition) is 8. The molecule has 172 valence electrons. The number of amidine groups is 1. The van der Waals surface area contributed by atoms with E-state index >= 15 is 0 Å². The lowest BCUT2D eigenvalue weighted by Gasteiger charge is -2.21. The van der Waals surface area contributed by atoms with Crippen molar-refractivity contribution >= 4 is 32.4 Å². The van der Waals surface area contributed by atoms with Crippen LogP contribution in [0.5, 0.6) is 11.5 Å². The van der Waals surface area contributed by atoms with E-state index in [4.69, 9.17) is 9.84 Å². The van der Waals surface area contributed by atoms with Gasteiger partial charge in [0.1, 0.15) is 28.6 Å². The summed E-state index contributed by atoms with van der Waals surface area (Å²) in [5.74, 6) is 0.120. The number of anilines is 1. The molecule has 33 heavy (non-hydrogen) atoms. The van der Waals surface area contributed by atoms with Gasteiger partial charge in [-0.2, -0.15) is 8.42 Å². The van der Waals surface area contributed by atoms with Gasteiger partial charge in [0.15, 0.2) is 5.84 Å². The Morgan fingerprint density at radius 2 is 2.00 bits per heavy atom. The third-order valence-electron chi connectivity index (χ3n) is 5.58. The van der Waals surface area contributed by atoms with Crippen molar-refractivity contribution in [3.8, 4) is 11.5 Å². The summed E-state index contributed by atoms with van der Waals surface area (Å²) >= 11 is 0. The van der Waals surface area contributed by atoms with Gasteiger partial charge >= 0.3 is 0 Å². The van der Waals surface area contributed by atoms with Crippen molar-refractivity contribution in [1.29, 1.82) is 0 Å². The summed E-state index contributed by atoms with van der Waals surface area (Å²) < 4.78 is 36.3. The smallest absolute Gasteiger partial charge is 0.286 e. The quantitative estimate of drug-likeness (QED) is 0.408. The first kappa shape index (κ1) is 21.3. The molecule has 0 amide bonds. The molecular weight excluding hydrogens is 448 g/mol. The number of benzene rings is 2. The molecule has 2 aromatic carbocycles. The van der Waals surface area contributed by atoms with Crippen molar-refractivity contribution < 1.29 is 23.4 Å². The van der Waals surface area contributed by atoms with Crippen LogP contribution in [0.15, 0.2) is 56.6 Å². The number of aromatic nitrogens is 1. The van der Waals surface area contributed by atoms with E-state index in [0.29, 0.717) is 23.4 Å². The maximum Gasteiger partial charge on any atom is 0.286 e. The van der Waals surface area contributed by atoms with Gasteiger partial charge in [0.2, 0.25) is 0 Å². The summed E-state index contributed by atoms with van der Waals surface area (Å²) in [6.07, 6.45) is 2.16. The molecule has 10 nitrogen and oxygen atoms in total. The zero-order valence-electron chi connectivity index (χ0n) is 17.5. The highest BCUT2D eigenvalue weighted by Crippen LogP contribution is 2.34. The summed E-state index contributed by atoms with van der Waals surface area (Å²) in [5, 5.41) is 23.1. The molecule has 0 saturated heterocycles.